The van der Waals surface area contributed by atoms with E-state index in [2.05, 4.69) is 15.3 Å². The highest BCUT2D eigenvalue weighted by Crippen LogP contribution is 2.25. The largest absolute Gasteiger partial charge is 0.478 e. The summed E-state index contributed by atoms with van der Waals surface area (Å²) in [5.74, 6) is -0.0427. The van der Waals surface area contributed by atoms with Crippen molar-refractivity contribution in [2.24, 2.45) is 5.92 Å². The molecule has 0 amide bonds. The van der Waals surface area contributed by atoms with Gasteiger partial charge >= 0.3 is 5.97 Å². The summed E-state index contributed by atoms with van der Waals surface area (Å²) in [6, 6.07) is 3.04. The lowest BCUT2D eigenvalue weighted by molar-refractivity contribution is 0.0697. The number of hydrogen-bond acceptors (Lipinski definition) is 4. The van der Waals surface area contributed by atoms with Crippen molar-refractivity contribution in [1.82, 2.24) is 19.9 Å². The highest BCUT2D eigenvalue weighted by molar-refractivity contribution is 5.88. The van der Waals surface area contributed by atoms with Crippen molar-refractivity contribution in [3.8, 4) is 11.4 Å². The van der Waals surface area contributed by atoms with Gasteiger partial charge in [0.25, 0.3) is 0 Å². The number of aromatic nitrogens is 3. The van der Waals surface area contributed by atoms with Crippen LogP contribution >= 0.6 is 0 Å². The summed E-state index contributed by atoms with van der Waals surface area (Å²) in [6.07, 6.45) is 13.5. The van der Waals surface area contributed by atoms with Crippen molar-refractivity contribution in [3.05, 3.63) is 36.4 Å². The normalized spacial score (nSPS) is 15.4. The lowest BCUT2D eigenvalue weighted by Crippen LogP contribution is -2.23. The van der Waals surface area contributed by atoms with Crippen LogP contribution in [0.15, 0.2) is 30.9 Å². The number of nitrogens with zero attached hydrogens (tertiary/aromatic N) is 3. The molecule has 6 nitrogen and oxygen atoms in total. The molecule has 1 fully saturated rings. The maximum atomic E-state index is 11.0. The maximum absolute atomic E-state index is 11.0. The lowest BCUT2D eigenvalue weighted by Gasteiger charge is -2.21. The van der Waals surface area contributed by atoms with Crippen molar-refractivity contribution in [1.29, 1.82) is 0 Å². The summed E-state index contributed by atoms with van der Waals surface area (Å²) in [5.41, 5.74) is 1.51. The number of aromatic carboxylic acids is 1. The SMILES string of the molecule is O=C(O)c1ccnc(-c2cn(CCNCCC3CCCCC3)cn2)c1. The van der Waals surface area contributed by atoms with Crippen LogP contribution in [0.25, 0.3) is 11.4 Å². The Morgan fingerprint density at radius 3 is 2.84 bits per heavy atom. The Kier molecular flexibility index (Phi) is 6.17. The van der Waals surface area contributed by atoms with Crippen molar-refractivity contribution in [3.63, 3.8) is 0 Å². The number of carbonyl (C=O) groups is 1. The number of nitrogens with one attached hydrogen (secondary N) is 1. The molecule has 1 aliphatic carbocycles. The zero-order chi connectivity index (χ0) is 17.5. The standard InChI is InChI=1S/C19H26N4O2/c24-19(25)16-7-9-21-17(12-16)18-13-23(14-22-18)11-10-20-8-6-15-4-2-1-3-5-15/h7,9,12-15,20H,1-6,8,10-11H2,(H,24,25). The smallest absolute Gasteiger partial charge is 0.335 e. The Morgan fingerprint density at radius 2 is 2.04 bits per heavy atom. The molecule has 0 aliphatic heterocycles. The minimum Gasteiger partial charge on any atom is -0.478 e. The molecule has 0 atom stereocenters. The average molecular weight is 342 g/mol. The molecule has 6 heteroatoms. The van der Waals surface area contributed by atoms with Gasteiger partial charge in [0.05, 0.1) is 17.6 Å². The number of imidazole rings is 1. The molecule has 1 aliphatic rings. The van der Waals surface area contributed by atoms with Crippen molar-refractivity contribution in [2.75, 3.05) is 13.1 Å². The number of pyridine rings is 1. The van der Waals surface area contributed by atoms with Gasteiger partial charge in [0.15, 0.2) is 0 Å². The summed E-state index contributed by atoms with van der Waals surface area (Å²) >= 11 is 0. The molecular weight excluding hydrogens is 316 g/mol. The quantitative estimate of drug-likeness (QED) is 0.720. The van der Waals surface area contributed by atoms with Crippen LogP contribution in [-0.4, -0.2) is 38.7 Å². The van der Waals surface area contributed by atoms with Gasteiger partial charge < -0.3 is 15.0 Å². The molecule has 2 N–H and O–H groups in total. The third kappa shape index (κ3) is 5.13. The van der Waals surface area contributed by atoms with E-state index in [1.54, 1.807) is 12.4 Å². The fourth-order valence-electron chi connectivity index (χ4n) is 3.43. The highest BCUT2D eigenvalue weighted by Gasteiger charge is 2.12. The second-order valence-electron chi connectivity index (χ2n) is 6.77. The first-order chi connectivity index (χ1) is 12.2. The molecular formula is C19H26N4O2. The van der Waals surface area contributed by atoms with Gasteiger partial charge in [-0.15, -0.1) is 0 Å². The summed E-state index contributed by atoms with van der Waals surface area (Å²) in [5, 5.41) is 12.6. The molecule has 0 saturated heterocycles. The molecule has 2 heterocycles. The Morgan fingerprint density at radius 1 is 1.20 bits per heavy atom. The number of carboxylic acid groups (broad SMARTS) is 1. The molecule has 2 aromatic heterocycles. The first-order valence-corrected chi connectivity index (χ1v) is 9.14. The van der Waals surface area contributed by atoms with Crippen LogP contribution in [-0.2, 0) is 6.54 Å². The van der Waals surface area contributed by atoms with Crippen LogP contribution in [0.4, 0.5) is 0 Å². The average Bonchev–Trinajstić information content (AvgIpc) is 3.11. The maximum Gasteiger partial charge on any atom is 0.335 e. The van der Waals surface area contributed by atoms with Gasteiger partial charge in [-0.25, -0.2) is 9.78 Å². The van der Waals surface area contributed by atoms with Gasteiger partial charge in [0, 0.05) is 25.5 Å². The van der Waals surface area contributed by atoms with Crippen LogP contribution in [0.1, 0.15) is 48.9 Å². The highest BCUT2D eigenvalue weighted by atomic mass is 16.4. The fourth-order valence-corrected chi connectivity index (χ4v) is 3.43. The number of carboxylic acids is 1. The summed E-state index contributed by atoms with van der Waals surface area (Å²) in [6.45, 7) is 2.83. The van der Waals surface area contributed by atoms with Crippen LogP contribution in [0, 0.1) is 5.92 Å². The van der Waals surface area contributed by atoms with Gasteiger partial charge in [-0.2, -0.15) is 0 Å². The molecule has 0 unspecified atom stereocenters. The first kappa shape index (κ1) is 17.6. The molecule has 0 bridgehead atoms. The fraction of sp³-hybridized carbons (Fsp3) is 0.526. The van der Waals surface area contributed by atoms with Gasteiger partial charge in [0.2, 0.25) is 0 Å². The molecule has 134 valence electrons. The van der Waals surface area contributed by atoms with Crippen LogP contribution < -0.4 is 5.32 Å². The Hall–Kier alpha value is -2.21. The zero-order valence-corrected chi connectivity index (χ0v) is 14.5. The third-order valence-electron chi connectivity index (χ3n) is 4.90. The Balaban J connectivity index is 1.44. The molecule has 1 saturated carbocycles. The van der Waals surface area contributed by atoms with E-state index >= 15 is 0 Å². The monoisotopic (exact) mass is 342 g/mol. The molecule has 0 spiro atoms. The molecule has 3 rings (SSSR count). The van der Waals surface area contributed by atoms with Crippen LogP contribution in [0.5, 0.6) is 0 Å². The molecule has 25 heavy (non-hydrogen) atoms. The van der Waals surface area contributed by atoms with Crippen molar-refractivity contribution >= 4 is 5.97 Å². The van der Waals surface area contributed by atoms with Gasteiger partial charge in [-0.3, -0.25) is 4.98 Å². The van der Waals surface area contributed by atoms with Crippen LogP contribution in [0.3, 0.4) is 0 Å². The van der Waals surface area contributed by atoms with Gasteiger partial charge in [0.1, 0.15) is 5.69 Å². The van der Waals surface area contributed by atoms with E-state index in [4.69, 9.17) is 5.11 Å². The van der Waals surface area contributed by atoms with E-state index in [0.29, 0.717) is 11.4 Å². The minimum atomic E-state index is -0.953. The van der Waals surface area contributed by atoms with Gasteiger partial charge in [-0.1, -0.05) is 32.1 Å². The first-order valence-electron chi connectivity index (χ1n) is 9.14. The third-order valence-corrected chi connectivity index (χ3v) is 4.90. The molecule has 2 aromatic rings. The Bertz CT molecular complexity index is 692. The van der Waals surface area contributed by atoms with E-state index in [-0.39, 0.29) is 5.56 Å². The molecule has 0 radical (unpaired) electrons. The Labute approximate surface area is 148 Å². The van der Waals surface area contributed by atoms with Crippen molar-refractivity contribution < 1.29 is 9.90 Å². The summed E-state index contributed by atoms with van der Waals surface area (Å²) in [7, 11) is 0. The summed E-state index contributed by atoms with van der Waals surface area (Å²) in [4.78, 5) is 19.6. The van der Waals surface area contributed by atoms with E-state index in [9.17, 15) is 4.79 Å². The van der Waals surface area contributed by atoms with E-state index in [1.807, 2.05) is 10.8 Å². The predicted octanol–water partition coefficient (Wildman–Crippen LogP) is 3.20. The number of hydrogen-bond donors (Lipinski definition) is 2. The lowest BCUT2D eigenvalue weighted by atomic mass is 9.87. The van der Waals surface area contributed by atoms with Crippen LogP contribution in [0.2, 0.25) is 0 Å². The predicted molar refractivity (Wildman–Crippen MR) is 96.5 cm³/mol. The number of rotatable bonds is 8. The van der Waals surface area contributed by atoms with E-state index in [0.717, 1.165) is 25.6 Å². The summed E-state index contributed by atoms with van der Waals surface area (Å²) < 4.78 is 2.01. The topological polar surface area (TPSA) is 80.0 Å². The van der Waals surface area contributed by atoms with E-state index in [1.165, 1.54) is 50.8 Å². The second-order valence-corrected chi connectivity index (χ2v) is 6.77. The van der Waals surface area contributed by atoms with Gasteiger partial charge in [-0.05, 0) is 31.0 Å². The van der Waals surface area contributed by atoms with Crippen molar-refractivity contribution in [2.45, 2.75) is 45.1 Å². The minimum absolute atomic E-state index is 0.226. The molecule has 0 aromatic carbocycles. The second kappa shape index (κ2) is 8.76. The van der Waals surface area contributed by atoms with E-state index < -0.39 is 5.97 Å². The zero-order valence-electron chi connectivity index (χ0n) is 14.5.